The molecule has 0 saturated carbocycles. The molecular formula is C9H20N2O. The van der Waals surface area contributed by atoms with E-state index in [9.17, 15) is 0 Å². The molecule has 12 heavy (non-hydrogen) atoms. The van der Waals surface area contributed by atoms with Crippen molar-refractivity contribution >= 4 is 5.84 Å². The van der Waals surface area contributed by atoms with Crippen LogP contribution in [0.5, 0.6) is 0 Å². The van der Waals surface area contributed by atoms with E-state index >= 15 is 0 Å². The monoisotopic (exact) mass is 172 g/mol. The molecule has 3 heteroatoms. The normalized spacial score (nSPS) is 13.5. The van der Waals surface area contributed by atoms with Gasteiger partial charge in [0.15, 0.2) is 0 Å². The molecule has 0 aliphatic heterocycles. The van der Waals surface area contributed by atoms with Gasteiger partial charge in [-0.3, -0.25) is 4.99 Å². The highest BCUT2D eigenvalue weighted by Crippen LogP contribution is 2.20. The lowest BCUT2D eigenvalue weighted by atomic mass is 9.90. The van der Waals surface area contributed by atoms with Crippen LogP contribution in [0.25, 0.3) is 0 Å². The molecule has 0 heterocycles. The molecule has 0 aliphatic carbocycles. The van der Waals surface area contributed by atoms with E-state index in [1.54, 1.807) is 7.11 Å². The summed E-state index contributed by atoms with van der Waals surface area (Å²) in [6.45, 7) is 7.70. The summed E-state index contributed by atoms with van der Waals surface area (Å²) < 4.78 is 5.00. The molecule has 0 rings (SSSR count). The summed E-state index contributed by atoms with van der Waals surface area (Å²) in [6.07, 6.45) is 1.01. The van der Waals surface area contributed by atoms with Crippen LogP contribution in [0.3, 0.4) is 0 Å². The number of aliphatic imine (C=N–C) groups is 1. The Hall–Kier alpha value is -0.570. The van der Waals surface area contributed by atoms with Crippen LogP contribution in [0.15, 0.2) is 4.99 Å². The van der Waals surface area contributed by atoms with Crippen molar-refractivity contribution in [3.8, 4) is 0 Å². The Kier molecular flexibility index (Phi) is 4.90. The first-order valence-electron chi connectivity index (χ1n) is 4.23. The molecule has 0 aromatic carbocycles. The molecule has 0 amide bonds. The fourth-order valence-corrected chi connectivity index (χ4v) is 0.796. The van der Waals surface area contributed by atoms with E-state index in [4.69, 9.17) is 10.5 Å². The molecule has 0 atom stereocenters. The molecule has 3 nitrogen and oxygen atoms in total. The van der Waals surface area contributed by atoms with Gasteiger partial charge in [0.1, 0.15) is 0 Å². The van der Waals surface area contributed by atoms with Gasteiger partial charge in [-0.15, -0.1) is 0 Å². The van der Waals surface area contributed by atoms with E-state index in [1.165, 1.54) is 0 Å². The second kappa shape index (κ2) is 5.14. The summed E-state index contributed by atoms with van der Waals surface area (Å²) in [5, 5.41) is 0. The third-order valence-electron chi connectivity index (χ3n) is 1.74. The maximum absolute atomic E-state index is 5.45. The van der Waals surface area contributed by atoms with Crippen LogP contribution in [0, 0.1) is 5.41 Å². The summed E-state index contributed by atoms with van der Waals surface area (Å²) in [5.41, 5.74) is 5.64. The zero-order valence-corrected chi connectivity index (χ0v) is 8.55. The van der Waals surface area contributed by atoms with Crippen LogP contribution >= 0.6 is 0 Å². The number of rotatable bonds is 5. The predicted octanol–water partition coefficient (Wildman–Crippen LogP) is 1.43. The van der Waals surface area contributed by atoms with Crippen molar-refractivity contribution in [2.24, 2.45) is 16.1 Å². The Morgan fingerprint density at radius 3 is 2.50 bits per heavy atom. The van der Waals surface area contributed by atoms with Gasteiger partial charge in [0, 0.05) is 20.3 Å². The van der Waals surface area contributed by atoms with Gasteiger partial charge in [-0.05, 0) is 18.8 Å². The quantitative estimate of drug-likeness (QED) is 0.503. The second-order valence-electron chi connectivity index (χ2n) is 3.86. The highest BCUT2D eigenvalue weighted by atomic mass is 16.5. The lowest BCUT2D eigenvalue weighted by molar-refractivity contribution is 0.155. The molecule has 72 valence electrons. The van der Waals surface area contributed by atoms with E-state index in [0.29, 0.717) is 5.84 Å². The van der Waals surface area contributed by atoms with Gasteiger partial charge in [0.2, 0.25) is 0 Å². The van der Waals surface area contributed by atoms with Crippen LogP contribution in [0.1, 0.15) is 27.2 Å². The number of methoxy groups -OCH3 is 1. The Morgan fingerprint density at radius 2 is 2.08 bits per heavy atom. The highest BCUT2D eigenvalue weighted by Gasteiger charge is 2.16. The van der Waals surface area contributed by atoms with Crippen molar-refractivity contribution < 1.29 is 4.74 Å². The van der Waals surface area contributed by atoms with E-state index < -0.39 is 0 Å². The topological polar surface area (TPSA) is 47.6 Å². The Morgan fingerprint density at radius 1 is 1.50 bits per heavy atom. The highest BCUT2D eigenvalue weighted by molar-refractivity contribution is 5.77. The van der Waals surface area contributed by atoms with Crippen molar-refractivity contribution in [3.05, 3.63) is 0 Å². The number of hydrogen-bond donors (Lipinski definition) is 1. The molecule has 2 N–H and O–H groups in total. The van der Waals surface area contributed by atoms with E-state index in [0.717, 1.165) is 19.6 Å². The molecule has 0 spiro atoms. The van der Waals surface area contributed by atoms with Crippen LogP contribution in [-0.2, 0) is 4.74 Å². The largest absolute Gasteiger partial charge is 0.388 e. The lowest BCUT2D eigenvalue weighted by Crippen LogP contribution is -2.20. The Labute approximate surface area is 75.0 Å². The standard InChI is InChI=1S/C9H20N2O/c1-8(10)11-7-9(2,3)5-6-12-4/h5-7H2,1-4H3,(H2,10,11). The fraction of sp³-hybridized carbons (Fsp3) is 0.889. The van der Waals surface area contributed by atoms with Crippen molar-refractivity contribution in [2.75, 3.05) is 20.3 Å². The zero-order valence-electron chi connectivity index (χ0n) is 8.55. The lowest BCUT2D eigenvalue weighted by Gasteiger charge is -2.21. The smallest absolute Gasteiger partial charge is 0.0905 e. The van der Waals surface area contributed by atoms with Gasteiger partial charge in [0.25, 0.3) is 0 Å². The maximum Gasteiger partial charge on any atom is 0.0905 e. The minimum Gasteiger partial charge on any atom is -0.388 e. The average Bonchev–Trinajstić information content (AvgIpc) is 1.98. The number of amidine groups is 1. The maximum atomic E-state index is 5.45. The molecule has 0 aromatic rings. The van der Waals surface area contributed by atoms with Crippen LogP contribution < -0.4 is 5.73 Å². The van der Waals surface area contributed by atoms with Crippen LogP contribution in [0.4, 0.5) is 0 Å². The number of ether oxygens (including phenoxy) is 1. The van der Waals surface area contributed by atoms with E-state index in [2.05, 4.69) is 18.8 Å². The minimum absolute atomic E-state index is 0.191. The third-order valence-corrected chi connectivity index (χ3v) is 1.74. The third kappa shape index (κ3) is 6.16. The molecule has 0 saturated heterocycles. The van der Waals surface area contributed by atoms with Crippen molar-refractivity contribution in [1.82, 2.24) is 0 Å². The number of hydrogen-bond acceptors (Lipinski definition) is 2. The van der Waals surface area contributed by atoms with Crippen molar-refractivity contribution in [2.45, 2.75) is 27.2 Å². The molecular weight excluding hydrogens is 152 g/mol. The second-order valence-corrected chi connectivity index (χ2v) is 3.86. The summed E-state index contributed by atoms with van der Waals surface area (Å²) in [7, 11) is 1.72. The molecule has 0 aliphatic rings. The van der Waals surface area contributed by atoms with E-state index in [1.807, 2.05) is 6.92 Å². The molecule has 0 fully saturated rings. The van der Waals surface area contributed by atoms with Crippen molar-refractivity contribution in [3.63, 3.8) is 0 Å². The van der Waals surface area contributed by atoms with Gasteiger partial charge in [-0.1, -0.05) is 13.8 Å². The first-order chi connectivity index (χ1) is 5.48. The van der Waals surface area contributed by atoms with Gasteiger partial charge in [-0.25, -0.2) is 0 Å². The molecule has 0 unspecified atom stereocenters. The molecule has 0 radical (unpaired) electrons. The van der Waals surface area contributed by atoms with Gasteiger partial charge in [-0.2, -0.15) is 0 Å². The molecule has 0 aromatic heterocycles. The van der Waals surface area contributed by atoms with Gasteiger partial charge in [0.05, 0.1) is 5.84 Å². The van der Waals surface area contributed by atoms with Gasteiger partial charge >= 0.3 is 0 Å². The predicted molar refractivity (Wildman–Crippen MR) is 52.4 cm³/mol. The first-order valence-corrected chi connectivity index (χ1v) is 4.23. The van der Waals surface area contributed by atoms with E-state index in [-0.39, 0.29) is 5.41 Å². The zero-order chi connectivity index (χ0) is 9.61. The summed E-state index contributed by atoms with van der Waals surface area (Å²) in [4.78, 5) is 4.19. The summed E-state index contributed by atoms with van der Waals surface area (Å²) in [6, 6.07) is 0. The average molecular weight is 172 g/mol. The van der Waals surface area contributed by atoms with Crippen LogP contribution in [0.2, 0.25) is 0 Å². The number of nitrogens with two attached hydrogens (primary N) is 1. The summed E-state index contributed by atoms with van der Waals surface area (Å²) >= 11 is 0. The summed E-state index contributed by atoms with van der Waals surface area (Å²) in [5.74, 6) is 0.653. The van der Waals surface area contributed by atoms with Gasteiger partial charge < -0.3 is 10.5 Å². The Balaban J connectivity index is 3.78. The molecule has 0 bridgehead atoms. The van der Waals surface area contributed by atoms with Crippen molar-refractivity contribution in [1.29, 1.82) is 0 Å². The first kappa shape index (κ1) is 11.4. The van der Waals surface area contributed by atoms with Crippen LogP contribution in [-0.4, -0.2) is 26.1 Å². The number of nitrogens with zero attached hydrogens (tertiary/aromatic N) is 1. The fourth-order valence-electron chi connectivity index (χ4n) is 0.796. The minimum atomic E-state index is 0.191. The SMILES string of the molecule is COCCC(C)(C)CN=C(C)N. The Bertz CT molecular complexity index is 149.